The second kappa shape index (κ2) is 13.3. The quantitative estimate of drug-likeness (QED) is 0.363. The highest BCUT2D eigenvalue weighted by Gasteiger charge is 2.32. The molecule has 1 atom stereocenters. The standard InChI is InChI=1S/C24H30Cl3N3O4S/c1-4-6-13-28-24(32)21(5-2)29(15-17-7-9-18(25)10-8-17)23(31)16-30(35(3,33)34)22-12-11-19(26)14-20(22)27/h7-12,14,21H,4-6,13,15-16H2,1-3H3,(H,28,32). The molecule has 0 bridgehead atoms. The van der Waals surface area contributed by atoms with Gasteiger partial charge in [-0.05, 0) is 48.7 Å². The molecule has 192 valence electrons. The smallest absolute Gasteiger partial charge is 0.244 e. The zero-order valence-electron chi connectivity index (χ0n) is 19.9. The lowest BCUT2D eigenvalue weighted by atomic mass is 10.1. The number of unbranched alkanes of at least 4 members (excludes halogenated alkanes) is 1. The molecule has 0 aliphatic rings. The fraction of sp³-hybridized carbons (Fsp3) is 0.417. The number of carbonyl (C=O) groups is 2. The lowest BCUT2D eigenvalue weighted by molar-refractivity contribution is -0.140. The molecule has 0 aliphatic carbocycles. The Bertz CT molecular complexity index is 1130. The van der Waals surface area contributed by atoms with Crippen LogP contribution in [0.2, 0.25) is 15.1 Å². The maximum atomic E-state index is 13.6. The molecular formula is C24H30Cl3N3O4S. The zero-order chi connectivity index (χ0) is 26.2. The summed E-state index contributed by atoms with van der Waals surface area (Å²) in [7, 11) is -3.89. The fourth-order valence-electron chi connectivity index (χ4n) is 3.49. The third-order valence-corrected chi connectivity index (χ3v) is 7.26. The van der Waals surface area contributed by atoms with E-state index < -0.39 is 28.5 Å². The minimum atomic E-state index is -3.89. The Hall–Kier alpha value is -2.00. The molecule has 7 nitrogen and oxygen atoms in total. The second-order valence-electron chi connectivity index (χ2n) is 8.08. The van der Waals surface area contributed by atoms with Gasteiger partial charge < -0.3 is 10.2 Å². The molecule has 2 amide bonds. The Kier molecular flexibility index (Phi) is 11.1. The minimum Gasteiger partial charge on any atom is -0.354 e. The molecule has 1 unspecified atom stereocenters. The van der Waals surface area contributed by atoms with Crippen molar-refractivity contribution >= 4 is 62.3 Å². The molecule has 2 aromatic rings. The van der Waals surface area contributed by atoms with Crippen molar-refractivity contribution in [2.45, 2.75) is 45.7 Å². The summed E-state index contributed by atoms with van der Waals surface area (Å²) in [4.78, 5) is 28.0. The molecule has 0 fully saturated rings. The summed E-state index contributed by atoms with van der Waals surface area (Å²) in [6.45, 7) is 3.87. The van der Waals surface area contributed by atoms with Gasteiger partial charge in [0.2, 0.25) is 21.8 Å². The highest BCUT2D eigenvalue weighted by Crippen LogP contribution is 2.30. The van der Waals surface area contributed by atoms with E-state index in [0.29, 0.717) is 23.0 Å². The predicted octanol–water partition coefficient (Wildman–Crippen LogP) is 5.14. The van der Waals surface area contributed by atoms with E-state index in [-0.39, 0.29) is 23.2 Å². The largest absolute Gasteiger partial charge is 0.354 e. The topological polar surface area (TPSA) is 86.8 Å². The van der Waals surface area contributed by atoms with Crippen LogP contribution in [0.25, 0.3) is 0 Å². The molecule has 35 heavy (non-hydrogen) atoms. The Balaban J connectivity index is 2.42. The van der Waals surface area contributed by atoms with E-state index in [1.807, 2.05) is 6.92 Å². The van der Waals surface area contributed by atoms with Gasteiger partial charge in [0.15, 0.2) is 0 Å². The van der Waals surface area contributed by atoms with Crippen LogP contribution < -0.4 is 9.62 Å². The number of sulfonamides is 1. The molecule has 2 aromatic carbocycles. The van der Waals surface area contributed by atoms with Crippen LogP contribution in [-0.4, -0.2) is 50.5 Å². The number of nitrogens with one attached hydrogen (secondary N) is 1. The summed E-state index contributed by atoms with van der Waals surface area (Å²) < 4.78 is 26.2. The average molecular weight is 563 g/mol. The van der Waals surface area contributed by atoms with Gasteiger partial charge in [-0.15, -0.1) is 0 Å². The van der Waals surface area contributed by atoms with Gasteiger partial charge in [0.05, 0.1) is 17.0 Å². The zero-order valence-corrected chi connectivity index (χ0v) is 23.0. The van der Waals surface area contributed by atoms with Crippen LogP contribution in [-0.2, 0) is 26.2 Å². The number of hydrogen-bond donors (Lipinski definition) is 1. The van der Waals surface area contributed by atoms with Crippen molar-refractivity contribution in [2.24, 2.45) is 0 Å². The van der Waals surface area contributed by atoms with Crippen molar-refractivity contribution in [1.82, 2.24) is 10.2 Å². The van der Waals surface area contributed by atoms with Crippen molar-refractivity contribution in [1.29, 1.82) is 0 Å². The van der Waals surface area contributed by atoms with E-state index in [1.165, 1.54) is 23.1 Å². The summed E-state index contributed by atoms with van der Waals surface area (Å²) in [5.41, 5.74) is 0.872. The van der Waals surface area contributed by atoms with Gasteiger partial charge in [-0.1, -0.05) is 67.2 Å². The van der Waals surface area contributed by atoms with Crippen LogP contribution >= 0.6 is 34.8 Å². The molecule has 0 aliphatic heterocycles. The second-order valence-corrected chi connectivity index (χ2v) is 11.3. The Morgan fingerprint density at radius 3 is 2.17 bits per heavy atom. The molecule has 1 N–H and O–H groups in total. The molecule has 0 saturated heterocycles. The number of halogens is 3. The Morgan fingerprint density at radius 2 is 1.63 bits per heavy atom. The summed E-state index contributed by atoms with van der Waals surface area (Å²) in [6, 6.07) is 10.4. The normalized spacial score (nSPS) is 12.2. The first-order chi connectivity index (χ1) is 16.5. The third-order valence-electron chi connectivity index (χ3n) is 5.34. The van der Waals surface area contributed by atoms with Crippen molar-refractivity contribution in [3.05, 3.63) is 63.1 Å². The number of amides is 2. The van der Waals surface area contributed by atoms with E-state index in [0.717, 1.165) is 29.0 Å². The van der Waals surface area contributed by atoms with Crippen LogP contribution in [0.4, 0.5) is 5.69 Å². The van der Waals surface area contributed by atoms with Gasteiger partial charge in [0.25, 0.3) is 0 Å². The number of nitrogens with zero attached hydrogens (tertiary/aromatic N) is 2. The van der Waals surface area contributed by atoms with Gasteiger partial charge in [0.1, 0.15) is 12.6 Å². The summed E-state index contributed by atoms with van der Waals surface area (Å²) in [5, 5.41) is 3.83. The van der Waals surface area contributed by atoms with E-state index >= 15 is 0 Å². The van der Waals surface area contributed by atoms with Gasteiger partial charge in [-0.3, -0.25) is 13.9 Å². The average Bonchev–Trinajstić information content (AvgIpc) is 2.78. The predicted molar refractivity (Wildman–Crippen MR) is 143 cm³/mol. The minimum absolute atomic E-state index is 0.0873. The van der Waals surface area contributed by atoms with Crippen molar-refractivity contribution < 1.29 is 18.0 Å². The van der Waals surface area contributed by atoms with Crippen LogP contribution in [0.5, 0.6) is 0 Å². The molecule has 0 saturated carbocycles. The summed E-state index contributed by atoms with van der Waals surface area (Å²) in [5.74, 6) is -0.840. The fourth-order valence-corrected chi connectivity index (χ4v) is 5.04. The van der Waals surface area contributed by atoms with E-state index in [2.05, 4.69) is 5.32 Å². The molecule has 0 spiro atoms. The van der Waals surface area contributed by atoms with Crippen molar-refractivity contribution in [3.63, 3.8) is 0 Å². The van der Waals surface area contributed by atoms with Crippen molar-refractivity contribution in [2.75, 3.05) is 23.7 Å². The number of benzene rings is 2. The number of rotatable bonds is 12. The Morgan fingerprint density at radius 1 is 1.00 bits per heavy atom. The maximum absolute atomic E-state index is 13.6. The van der Waals surface area contributed by atoms with Gasteiger partial charge in [-0.25, -0.2) is 8.42 Å². The van der Waals surface area contributed by atoms with Gasteiger partial charge in [-0.2, -0.15) is 0 Å². The first-order valence-corrected chi connectivity index (χ1v) is 14.2. The van der Waals surface area contributed by atoms with Crippen LogP contribution in [0.1, 0.15) is 38.7 Å². The Labute approximate surface area is 222 Å². The van der Waals surface area contributed by atoms with Crippen molar-refractivity contribution in [3.8, 4) is 0 Å². The SMILES string of the molecule is CCCCNC(=O)C(CC)N(Cc1ccc(Cl)cc1)C(=O)CN(c1ccc(Cl)cc1Cl)S(C)(=O)=O. The van der Waals surface area contributed by atoms with E-state index in [1.54, 1.807) is 31.2 Å². The number of anilines is 1. The molecular weight excluding hydrogens is 533 g/mol. The van der Waals surface area contributed by atoms with E-state index in [4.69, 9.17) is 34.8 Å². The highest BCUT2D eigenvalue weighted by molar-refractivity contribution is 7.92. The third kappa shape index (κ3) is 8.56. The highest BCUT2D eigenvalue weighted by atomic mass is 35.5. The maximum Gasteiger partial charge on any atom is 0.244 e. The van der Waals surface area contributed by atoms with Gasteiger partial charge in [0, 0.05) is 23.1 Å². The molecule has 0 radical (unpaired) electrons. The molecule has 2 rings (SSSR count). The summed E-state index contributed by atoms with van der Waals surface area (Å²) >= 11 is 18.2. The first kappa shape index (κ1) is 29.2. The van der Waals surface area contributed by atoms with Gasteiger partial charge >= 0.3 is 0 Å². The van der Waals surface area contributed by atoms with Crippen LogP contribution in [0.3, 0.4) is 0 Å². The van der Waals surface area contributed by atoms with Crippen LogP contribution in [0.15, 0.2) is 42.5 Å². The van der Waals surface area contributed by atoms with Crippen LogP contribution in [0, 0.1) is 0 Å². The monoisotopic (exact) mass is 561 g/mol. The molecule has 0 aromatic heterocycles. The number of carbonyl (C=O) groups excluding carboxylic acids is 2. The lowest BCUT2D eigenvalue weighted by Gasteiger charge is -2.33. The number of hydrogen-bond acceptors (Lipinski definition) is 4. The summed E-state index contributed by atoms with van der Waals surface area (Å²) in [6.07, 6.45) is 3.06. The first-order valence-electron chi connectivity index (χ1n) is 11.2. The molecule has 0 heterocycles. The lowest BCUT2D eigenvalue weighted by Crippen LogP contribution is -2.52. The van der Waals surface area contributed by atoms with E-state index in [9.17, 15) is 18.0 Å². The molecule has 11 heteroatoms.